The number of aliphatic hydroxyl groups excluding tert-OH is 1. The lowest BCUT2D eigenvalue weighted by Crippen LogP contribution is -2.35. The molecule has 90 valence electrons. The third-order valence-electron chi connectivity index (χ3n) is 2.18. The van der Waals surface area contributed by atoms with Gasteiger partial charge in [-0.25, -0.2) is 0 Å². The summed E-state index contributed by atoms with van der Waals surface area (Å²) < 4.78 is 0. The molecule has 0 aliphatic heterocycles. The van der Waals surface area contributed by atoms with Crippen molar-refractivity contribution in [3.8, 4) is 0 Å². The Labute approximate surface area is 106 Å². The first-order valence-electron chi connectivity index (χ1n) is 5.49. The van der Waals surface area contributed by atoms with Crippen molar-refractivity contribution in [3.05, 3.63) is 29.3 Å². The fraction of sp³-hybridized carbons (Fsp3) is 0.500. The molecule has 1 rings (SSSR count). The summed E-state index contributed by atoms with van der Waals surface area (Å²) in [5, 5.41) is 13.3. The number of thioether (sulfide) groups is 1. The van der Waals surface area contributed by atoms with E-state index >= 15 is 0 Å². The van der Waals surface area contributed by atoms with E-state index in [1.165, 1.54) is 0 Å². The number of hydrogen-bond acceptors (Lipinski definition) is 3. The summed E-state index contributed by atoms with van der Waals surface area (Å²) in [6.07, 6.45) is 1.08. The van der Waals surface area contributed by atoms with E-state index in [0.717, 1.165) is 28.6 Å². The topological polar surface area (TPSA) is 32.3 Å². The Hall–Kier alpha value is -0.220. The van der Waals surface area contributed by atoms with Gasteiger partial charge in [0, 0.05) is 16.7 Å². The fourth-order valence-electron chi connectivity index (χ4n) is 1.28. The summed E-state index contributed by atoms with van der Waals surface area (Å²) in [5.41, 5.74) is 0. The maximum absolute atomic E-state index is 9.19. The highest BCUT2D eigenvalue weighted by atomic mass is 35.5. The van der Waals surface area contributed by atoms with Gasteiger partial charge in [0.25, 0.3) is 0 Å². The highest BCUT2D eigenvalue weighted by Crippen LogP contribution is 2.26. The van der Waals surface area contributed by atoms with Gasteiger partial charge >= 0.3 is 0 Å². The van der Waals surface area contributed by atoms with Crippen LogP contribution in [-0.4, -0.2) is 30.1 Å². The zero-order chi connectivity index (χ0) is 11.8. The van der Waals surface area contributed by atoms with Crippen molar-refractivity contribution in [2.45, 2.75) is 24.3 Å². The minimum absolute atomic E-state index is 0.140. The van der Waals surface area contributed by atoms with Crippen molar-refractivity contribution < 1.29 is 5.11 Å². The summed E-state index contributed by atoms with van der Waals surface area (Å²) >= 11 is 7.73. The second-order valence-corrected chi connectivity index (χ2v) is 5.04. The van der Waals surface area contributed by atoms with Gasteiger partial charge in [0.15, 0.2) is 0 Å². The molecule has 1 atom stereocenters. The van der Waals surface area contributed by atoms with Crippen molar-refractivity contribution in [1.82, 2.24) is 5.32 Å². The molecule has 2 N–H and O–H groups in total. The SMILES string of the molecule is CCCNC(CO)CSc1ccccc1Cl. The van der Waals surface area contributed by atoms with Crippen LogP contribution in [0.1, 0.15) is 13.3 Å². The molecule has 1 unspecified atom stereocenters. The lowest BCUT2D eigenvalue weighted by molar-refractivity contribution is 0.254. The van der Waals surface area contributed by atoms with E-state index in [4.69, 9.17) is 11.6 Å². The molecule has 0 heterocycles. The molecule has 1 aromatic rings. The first-order valence-corrected chi connectivity index (χ1v) is 6.85. The van der Waals surface area contributed by atoms with Gasteiger partial charge in [-0.05, 0) is 25.1 Å². The standard InChI is InChI=1S/C12H18ClNOS/c1-2-7-14-10(8-15)9-16-12-6-4-3-5-11(12)13/h3-6,10,14-15H,2,7-9H2,1H3. The summed E-state index contributed by atoms with van der Waals surface area (Å²) in [6, 6.07) is 7.92. The Morgan fingerprint density at radius 1 is 1.44 bits per heavy atom. The maximum Gasteiger partial charge on any atom is 0.0592 e. The molecule has 2 nitrogen and oxygen atoms in total. The normalized spacial score (nSPS) is 12.7. The number of aliphatic hydroxyl groups is 1. The highest BCUT2D eigenvalue weighted by Gasteiger charge is 2.07. The largest absolute Gasteiger partial charge is 0.395 e. The Morgan fingerprint density at radius 3 is 2.81 bits per heavy atom. The number of halogens is 1. The van der Waals surface area contributed by atoms with Gasteiger partial charge in [0.05, 0.1) is 11.6 Å². The predicted molar refractivity (Wildman–Crippen MR) is 71.3 cm³/mol. The molecular formula is C12H18ClNOS. The van der Waals surface area contributed by atoms with E-state index in [1.807, 2.05) is 24.3 Å². The van der Waals surface area contributed by atoms with Gasteiger partial charge in [-0.1, -0.05) is 30.7 Å². The highest BCUT2D eigenvalue weighted by molar-refractivity contribution is 7.99. The molecule has 0 aromatic heterocycles. The second kappa shape index (κ2) is 7.96. The van der Waals surface area contributed by atoms with E-state index in [0.29, 0.717) is 0 Å². The van der Waals surface area contributed by atoms with Crippen LogP contribution in [0.15, 0.2) is 29.2 Å². The summed E-state index contributed by atoms with van der Waals surface area (Å²) in [5.74, 6) is 0.834. The molecule has 0 aliphatic rings. The zero-order valence-electron chi connectivity index (χ0n) is 9.45. The molecule has 0 bridgehead atoms. The minimum atomic E-state index is 0.140. The summed E-state index contributed by atoms with van der Waals surface area (Å²) in [7, 11) is 0. The number of nitrogens with one attached hydrogen (secondary N) is 1. The Kier molecular flexibility index (Phi) is 6.88. The quantitative estimate of drug-likeness (QED) is 0.739. The molecule has 16 heavy (non-hydrogen) atoms. The van der Waals surface area contributed by atoms with E-state index in [-0.39, 0.29) is 12.6 Å². The van der Waals surface area contributed by atoms with Crippen LogP contribution in [0.25, 0.3) is 0 Å². The van der Waals surface area contributed by atoms with Crippen molar-refractivity contribution >= 4 is 23.4 Å². The van der Waals surface area contributed by atoms with Crippen LogP contribution in [-0.2, 0) is 0 Å². The Morgan fingerprint density at radius 2 is 2.19 bits per heavy atom. The fourth-order valence-corrected chi connectivity index (χ4v) is 2.56. The number of hydrogen-bond donors (Lipinski definition) is 2. The van der Waals surface area contributed by atoms with E-state index in [2.05, 4.69) is 12.2 Å². The van der Waals surface area contributed by atoms with Crippen LogP contribution in [0.5, 0.6) is 0 Å². The van der Waals surface area contributed by atoms with Crippen LogP contribution in [0.4, 0.5) is 0 Å². The van der Waals surface area contributed by atoms with Gasteiger partial charge in [-0.3, -0.25) is 0 Å². The molecular weight excluding hydrogens is 242 g/mol. The van der Waals surface area contributed by atoms with Crippen LogP contribution in [0.3, 0.4) is 0 Å². The van der Waals surface area contributed by atoms with Crippen LogP contribution >= 0.6 is 23.4 Å². The third-order valence-corrected chi connectivity index (χ3v) is 3.86. The van der Waals surface area contributed by atoms with E-state index in [9.17, 15) is 5.11 Å². The average molecular weight is 260 g/mol. The lowest BCUT2D eigenvalue weighted by Gasteiger charge is -2.15. The van der Waals surface area contributed by atoms with Crippen LogP contribution in [0, 0.1) is 0 Å². The van der Waals surface area contributed by atoms with Gasteiger partial charge < -0.3 is 10.4 Å². The lowest BCUT2D eigenvalue weighted by atomic mass is 10.3. The summed E-state index contributed by atoms with van der Waals surface area (Å²) in [4.78, 5) is 1.07. The van der Waals surface area contributed by atoms with Gasteiger partial charge in [0.2, 0.25) is 0 Å². The Bertz CT molecular complexity index is 309. The first-order chi connectivity index (χ1) is 7.77. The molecule has 4 heteroatoms. The first kappa shape index (κ1) is 13.8. The average Bonchev–Trinajstić information content (AvgIpc) is 2.31. The van der Waals surface area contributed by atoms with Crippen molar-refractivity contribution in [1.29, 1.82) is 0 Å². The van der Waals surface area contributed by atoms with Gasteiger partial charge in [-0.2, -0.15) is 0 Å². The monoisotopic (exact) mass is 259 g/mol. The van der Waals surface area contributed by atoms with Crippen molar-refractivity contribution in [2.24, 2.45) is 0 Å². The molecule has 0 saturated carbocycles. The van der Waals surface area contributed by atoms with Crippen LogP contribution in [0.2, 0.25) is 5.02 Å². The van der Waals surface area contributed by atoms with E-state index in [1.54, 1.807) is 11.8 Å². The van der Waals surface area contributed by atoms with E-state index < -0.39 is 0 Å². The summed E-state index contributed by atoms with van der Waals surface area (Å²) in [6.45, 7) is 3.22. The smallest absolute Gasteiger partial charge is 0.0592 e. The maximum atomic E-state index is 9.19. The second-order valence-electron chi connectivity index (χ2n) is 3.58. The molecule has 0 spiro atoms. The molecule has 1 aromatic carbocycles. The predicted octanol–water partition coefficient (Wildman–Crippen LogP) is 2.79. The number of benzene rings is 1. The molecule has 0 radical (unpaired) electrons. The third kappa shape index (κ3) is 4.74. The van der Waals surface area contributed by atoms with Crippen LogP contribution < -0.4 is 5.32 Å². The zero-order valence-corrected chi connectivity index (χ0v) is 11.0. The molecule has 0 saturated heterocycles. The molecule has 0 aliphatic carbocycles. The Balaban J connectivity index is 2.40. The molecule has 0 fully saturated rings. The van der Waals surface area contributed by atoms with Crippen molar-refractivity contribution in [3.63, 3.8) is 0 Å². The van der Waals surface area contributed by atoms with Gasteiger partial charge in [-0.15, -0.1) is 11.8 Å². The van der Waals surface area contributed by atoms with Gasteiger partial charge in [0.1, 0.15) is 0 Å². The number of rotatable bonds is 7. The van der Waals surface area contributed by atoms with Crippen molar-refractivity contribution in [2.75, 3.05) is 18.9 Å². The minimum Gasteiger partial charge on any atom is -0.395 e. The molecule has 0 amide bonds.